The Kier molecular flexibility index (Phi) is 5.72. The van der Waals surface area contributed by atoms with E-state index in [2.05, 4.69) is 26.1 Å². The molecule has 0 atom stereocenters. The molecule has 0 N–H and O–H groups in total. The summed E-state index contributed by atoms with van der Waals surface area (Å²) in [7, 11) is 0. The van der Waals surface area contributed by atoms with Crippen molar-refractivity contribution < 1.29 is 4.79 Å². The lowest BCUT2D eigenvalue weighted by molar-refractivity contribution is 0.0717. The fourth-order valence-corrected chi connectivity index (χ4v) is 2.18. The van der Waals surface area contributed by atoms with E-state index in [1.165, 1.54) is 0 Å². The van der Waals surface area contributed by atoms with Crippen LogP contribution in [0.3, 0.4) is 0 Å². The number of hydrogen-bond acceptors (Lipinski definition) is 3. The first-order chi connectivity index (χ1) is 8.51. The first kappa shape index (κ1) is 15.1. The Labute approximate surface area is 117 Å². The average molecular weight is 314 g/mol. The molecule has 0 radical (unpaired) electrons. The Morgan fingerprint density at radius 2 is 2.11 bits per heavy atom. The number of halogens is 1. The molecule has 0 aliphatic rings. The van der Waals surface area contributed by atoms with Crippen molar-refractivity contribution in [1.82, 2.24) is 15.1 Å². The van der Waals surface area contributed by atoms with Gasteiger partial charge in [0, 0.05) is 17.9 Å². The summed E-state index contributed by atoms with van der Waals surface area (Å²) in [5.41, 5.74) is 2.23. The lowest BCUT2D eigenvalue weighted by Gasteiger charge is -2.26. The minimum absolute atomic E-state index is 0.0410. The van der Waals surface area contributed by atoms with E-state index in [0.717, 1.165) is 16.7 Å². The van der Waals surface area contributed by atoms with Crippen molar-refractivity contribution in [2.24, 2.45) is 0 Å². The van der Waals surface area contributed by atoms with Crippen LogP contribution in [0, 0.1) is 6.92 Å². The van der Waals surface area contributed by atoms with Crippen molar-refractivity contribution in [3.8, 4) is 0 Å². The number of carbonyl (C=O) groups is 1. The highest BCUT2D eigenvalue weighted by atomic mass is 79.9. The van der Waals surface area contributed by atoms with Crippen LogP contribution in [0.2, 0.25) is 0 Å². The number of alkyl halides is 1. The highest BCUT2D eigenvalue weighted by Gasteiger charge is 2.21. The molecule has 0 bridgehead atoms. The van der Waals surface area contributed by atoms with Crippen molar-refractivity contribution in [2.75, 3.05) is 11.9 Å². The van der Waals surface area contributed by atoms with Crippen LogP contribution < -0.4 is 0 Å². The predicted molar refractivity (Wildman–Crippen MR) is 76.1 cm³/mol. The van der Waals surface area contributed by atoms with E-state index in [9.17, 15) is 4.79 Å². The van der Waals surface area contributed by atoms with Crippen LogP contribution >= 0.6 is 15.9 Å². The third kappa shape index (κ3) is 3.51. The van der Waals surface area contributed by atoms with Gasteiger partial charge in [0.15, 0.2) is 0 Å². The fourth-order valence-electron chi connectivity index (χ4n) is 1.80. The van der Waals surface area contributed by atoms with Gasteiger partial charge in [-0.05, 0) is 33.3 Å². The van der Waals surface area contributed by atoms with Gasteiger partial charge in [-0.2, -0.15) is 10.2 Å². The van der Waals surface area contributed by atoms with Gasteiger partial charge in [0.05, 0.1) is 17.0 Å². The summed E-state index contributed by atoms with van der Waals surface area (Å²) in [4.78, 5) is 14.4. The van der Waals surface area contributed by atoms with Crippen molar-refractivity contribution in [1.29, 1.82) is 0 Å². The zero-order valence-corrected chi connectivity index (χ0v) is 13.0. The van der Waals surface area contributed by atoms with Gasteiger partial charge in [-0.3, -0.25) is 4.79 Å². The first-order valence-corrected chi connectivity index (χ1v) is 7.33. The second kappa shape index (κ2) is 6.83. The highest BCUT2D eigenvalue weighted by Crippen LogP contribution is 2.13. The van der Waals surface area contributed by atoms with Gasteiger partial charge in [0.25, 0.3) is 5.91 Å². The Balaban J connectivity index is 3.11. The summed E-state index contributed by atoms with van der Waals surface area (Å²) in [5, 5.41) is 8.90. The van der Waals surface area contributed by atoms with Gasteiger partial charge in [-0.1, -0.05) is 22.9 Å². The summed E-state index contributed by atoms with van der Waals surface area (Å²) in [6.07, 6.45) is 0.717. The third-order valence-electron chi connectivity index (χ3n) is 2.77. The van der Waals surface area contributed by atoms with Gasteiger partial charge in [0.1, 0.15) is 0 Å². The molecule has 5 heteroatoms. The van der Waals surface area contributed by atoms with Crippen molar-refractivity contribution in [2.45, 2.75) is 40.2 Å². The maximum absolute atomic E-state index is 12.5. The van der Waals surface area contributed by atoms with Crippen LogP contribution in [0.1, 0.15) is 42.5 Å². The van der Waals surface area contributed by atoms with Gasteiger partial charge < -0.3 is 4.90 Å². The second-order valence-electron chi connectivity index (χ2n) is 4.48. The summed E-state index contributed by atoms with van der Waals surface area (Å²) in [5.74, 6) is 0.0410. The summed E-state index contributed by atoms with van der Waals surface area (Å²) < 4.78 is 0. The molecule has 1 rings (SSSR count). The molecule has 0 unspecified atom stereocenters. The van der Waals surface area contributed by atoms with E-state index >= 15 is 0 Å². The maximum Gasteiger partial charge on any atom is 0.256 e. The number of nitrogens with zero attached hydrogens (tertiary/aromatic N) is 3. The SMILES string of the molecule is CCc1nnc(C)cc1C(=O)N(CCBr)C(C)C. The summed E-state index contributed by atoms with van der Waals surface area (Å²) in [6, 6.07) is 2.01. The van der Waals surface area contributed by atoms with E-state index < -0.39 is 0 Å². The zero-order valence-electron chi connectivity index (χ0n) is 11.4. The monoisotopic (exact) mass is 313 g/mol. The van der Waals surface area contributed by atoms with Crippen LogP contribution in [-0.2, 0) is 6.42 Å². The molecule has 0 fully saturated rings. The van der Waals surface area contributed by atoms with Gasteiger partial charge in [-0.15, -0.1) is 0 Å². The zero-order chi connectivity index (χ0) is 13.7. The molecule has 0 aliphatic heterocycles. The predicted octanol–water partition coefficient (Wildman–Crippen LogP) is 2.59. The maximum atomic E-state index is 12.5. The number of hydrogen-bond donors (Lipinski definition) is 0. The Morgan fingerprint density at radius 3 is 2.61 bits per heavy atom. The minimum Gasteiger partial charge on any atom is -0.335 e. The standard InChI is InChI=1S/C13H20BrN3O/c1-5-12-11(8-10(4)15-16-12)13(18)17(7-6-14)9(2)3/h8-9H,5-7H2,1-4H3. The number of carbonyl (C=O) groups excluding carboxylic acids is 1. The Bertz CT molecular complexity index is 421. The summed E-state index contributed by atoms with van der Waals surface area (Å²) in [6.45, 7) is 8.58. The number of amides is 1. The molecule has 0 saturated carbocycles. The van der Waals surface area contributed by atoms with E-state index in [-0.39, 0.29) is 11.9 Å². The molecule has 1 heterocycles. The Hall–Kier alpha value is -0.970. The van der Waals surface area contributed by atoms with Crippen molar-refractivity contribution in [3.05, 3.63) is 23.0 Å². The smallest absolute Gasteiger partial charge is 0.256 e. The lowest BCUT2D eigenvalue weighted by Crippen LogP contribution is -2.39. The molecule has 0 saturated heterocycles. The quantitative estimate of drug-likeness (QED) is 0.785. The molecule has 0 spiro atoms. The van der Waals surface area contributed by atoms with Crippen molar-refractivity contribution in [3.63, 3.8) is 0 Å². The van der Waals surface area contributed by atoms with E-state index in [1.54, 1.807) is 0 Å². The molecule has 1 aromatic rings. The number of aromatic nitrogens is 2. The highest BCUT2D eigenvalue weighted by molar-refractivity contribution is 9.09. The van der Waals surface area contributed by atoms with E-state index in [0.29, 0.717) is 18.5 Å². The van der Waals surface area contributed by atoms with E-state index in [4.69, 9.17) is 0 Å². The minimum atomic E-state index is 0.0410. The summed E-state index contributed by atoms with van der Waals surface area (Å²) >= 11 is 3.39. The topological polar surface area (TPSA) is 46.1 Å². The normalized spacial score (nSPS) is 10.8. The largest absolute Gasteiger partial charge is 0.335 e. The molecule has 100 valence electrons. The first-order valence-electron chi connectivity index (χ1n) is 6.21. The van der Waals surface area contributed by atoms with Crippen LogP contribution in [-0.4, -0.2) is 38.9 Å². The van der Waals surface area contributed by atoms with Gasteiger partial charge in [0.2, 0.25) is 0 Å². The molecule has 4 nitrogen and oxygen atoms in total. The fraction of sp³-hybridized carbons (Fsp3) is 0.615. The van der Waals surface area contributed by atoms with E-state index in [1.807, 2.05) is 38.7 Å². The molecular formula is C13H20BrN3O. The van der Waals surface area contributed by atoms with Gasteiger partial charge >= 0.3 is 0 Å². The molecule has 1 amide bonds. The molecular weight excluding hydrogens is 294 g/mol. The Morgan fingerprint density at radius 1 is 1.44 bits per heavy atom. The van der Waals surface area contributed by atoms with Crippen LogP contribution in [0.5, 0.6) is 0 Å². The number of rotatable bonds is 5. The van der Waals surface area contributed by atoms with Crippen LogP contribution in [0.4, 0.5) is 0 Å². The third-order valence-corrected chi connectivity index (χ3v) is 3.12. The van der Waals surface area contributed by atoms with Crippen LogP contribution in [0.15, 0.2) is 6.07 Å². The molecule has 1 aromatic heterocycles. The van der Waals surface area contributed by atoms with Crippen molar-refractivity contribution >= 4 is 21.8 Å². The molecule has 18 heavy (non-hydrogen) atoms. The lowest BCUT2D eigenvalue weighted by atomic mass is 10.1. The van der Waals surface area contributed by atoms with Gasteiger partial charge in [-0.25, -0.2) is 0 Å². The molecule has 0 aliphatic carbocycles. The number of aryl methyl sites for hydroxylation is 2. The molecule has 0 aromatic carbocycles. The average Bonchev–Trinajstić information content (AvgIpc) is 2.34. The second-order valence-corrected chi connectivity index (χ2v) is 5.27. The van der Waals surface area contributed by atoms with Crippen LogP contribution in [0.25, 0.3) is 0 Å².